The Morgan fingerprint density at radius 2 is 1.92 bits per heavy atom. The lowest BCUT2D eigenvalue weighted by Crippen LogP contribution is -2.08. The van der Waals surface area contributed by atoms with Gasteiger partial charge in [0.25, 0.3) is 0 Å². The number of pyridine rings is 1. The molecule has 1 aromatic heterocycles. The van der Waals surface area contributed by atoms with Gasteiger partial charge in [-0.1, -0.05) is 0 Å². The number of amidine groups is 1. The molecule has 0 spiro atoms. The Balaban J connectivity index is 2.27. The van der Waals surface area contributed by atoms with Crippen LogP contribution in [0.25, 0.3) is 22.0 Å². The van der Waals surface area contributed by atoms with Gasteiger partial charge in [0.1, 0.15) is 11.6 Å². The lowest BCUT2D eigenvalue weighted by atomic mass is 10.0. The minimum Gasteiger partial charge on any atom is -0.497 e. The third kappa shape index (κ3) is 3.46. The number of hydrogen-bond acceptors (Lipinski definition) is 4. The van der Waals surface area contributed by atoms with Crippen LogP contribution in [0.4, 0.5) is 14.6 Å². The van der Waals surface area contributed by atoms with E-state index in [0.717, 1.165) is 22.9 Å². The molecule has 0 amide bonds. The second kappa shape index (κ2) is 7.18. The molecule has 0 unspecified atom stereocenters. The van der Waals surface area contributed by atoms with Crippen LogP contribution >= 0.6 is 0 Å². The molecule has 0 atom stereocenters. The molecule has 0 aliphatic rings. The zero-order chi connectivity index (χ0) is 18.7. The Labute approximate surface area is 148 Å². The summed E-state index contributed by atoms with van der Waals surface area (Å²) in [6.45, 7) is 0. The minimum atomic E-state index is -0.953. The number of aromatic nitrogens is 1. The van der Waals surface area contributed by atoms with Crippen molar-refractivity contribution in [3.8, 4) is 17.0 Å². The van der Waals surface area contributed by atoms with Gasteiger partial charge in [0.2, 0.25) is 0 Å². The molecular formula is C19H16F2N4O. The fourth-order valence-electron chi connectivity index (χ4n) is 2.54. The van der Waals surface area contributed by atoms with Crippen molar-refractivity contribution in [1.82, 2.24) is 4.98 Å². The van der Waals surface area contributed by atoms with Gasteiger partial charge in [-0.15, -0.1) is 0 Å². The van der Waals surface area contributed by atoms with Gasteiger partial charge in [-0.05, 0) is 60.1 Å². The first kappa shape index (κ1) is 17.3. The van der Waals surface area contributed by atoms with Crippen molar-refractivity contribution in [3.05, 3.63) is 66.4 Å². The van der Waals surface area contributed by atoms with Gasteiger partial charge in [-0.2, -0.15) is 0 Å². The average Bonchev–Trinajstić information content (AvgIpc) is 2.63. The fraction of sp³-hybridized carbons (Fsp3) is 0.0526. The summed E-state index contributed by atoms with van der Waals surface area (Å²) in [5.41, 5.74) is 11.9. The SMILES string of the molecule is COc1ccc2c(-c3ccc(F)c(F)c3)nc(N=C(N)/C=C\N)cc2c1. The number of ether oxygens (including phenoxy) is 1. The molecule has 0 radical (unpaired) electrons. The summed E-state index contributed by atoms with van der Waals surface area (Å²) in [5, 5.41) is 1.51. The molecule has 26 heavy (non-hydrogen) atoms. The molecule has 4 N–H and O–H groups in total. The molecule has 0 aliphatic carbocycles. The molecule has 5 nitrogen and oxygen atoms in total. The van der Waals surface area contributed by atoms with Gasteiger partial charge in [0, 0.05) is 10.9 Å². The normalized spacial score (nSPS) is 12.0. The Kier molecular flexibility index (Phi) is 4.79. The van der Waals surface area contributed by atoms with Crippen LogP contribution in [-0.2, 0) is 0 Å². The van der Waals surface area contributed by atoms with Crippen molar-refractivity contribution < 1.29 is 13.5 Å². The first-order chi connectivity index (χ1) is 12.5. The molecule has 0 aliphatic heterocycles. The van der Waals surface area contributed by atoms with Crippen LogP contribution in [0, 0.1) is 11.6 Å². The highest BCUT2D eigenvalue weighted by Gasteiger charge is 2.12. The van der Waals surface area contributed by atoms with Crippen molar-refractivity contribution >= 4 is 22.4 Å². The summed E-state index contributed by atoms with van der Waals surface area (Å²) in [4.78, 5) is 8.64. The van der Waals surface area contributed by atoms with Gasteiger partial charge in [-0.3, -0.25) is 0 Å². The molecule has 0 bridgehead atoms. The predicted molar refractivity (Wildman–Crippen MR) is 98.3 cm³/mol. The molecule has 0 saturated carbocycles. The molecule has 1 heterocycles. The molecule has 3 aromatic rings. The molecule has 0 saturated heterocycles. The highest BCUT2D eigenvalue weighted by atomic mass is 19.2. The van der Waals surface area contributed by atoms with Crippen LogP contribution in [0.2, 0.25) is 0 Å². The van der Waals surface area contributed by atoms with E-state index >= 15 is 0 Å². The van der Waals surface area contributed by atoms with Crippen molar-refractivity contribution in [2.45, 2.75) is 0 Å². The van der Waals surface area contributed by atoms with Crippen molar-refractivity contribution in [2.75, 3.05) is 7.11 Å². The first-order valence-electron chi connectivity index (χ1n) is 7.68. The number of aliphatic imine (C=N–C) groups is 1. The summed E-state index contributed by atoms with van der Waals surface area (Å²) in [7, 11) is 1.56. The van der Waals surface area contributed by atoms with Crippen molar-refractivity contribution in [2.24, 2.45) is 16.5 Å². The van der Waals surface area contributed by atoms with Gasteiger partial charge in [0.15, 0.2) is 17.5 Å². The number of benzene rings is 2. The topological polar surface area (TPSA) is 86.5 Å². The molecule has 2 aromatic carbocycles. The molecule has 3 rings (SSSR count). The minimum absolute atomic E-state index is 0.165. The second-order valence-corrected chi connectivity index (χ2v) is 5.44. The molecule has 0 fully saturated rings. The third-order valence-corrected chi connectivity index (χ3v) is 3.73. The van der Waals surface area contributed by atoms with Crippen molar-refractivity contribution in [1.29, 1.82) is 0 Å². The number of halogens is 2. The smallest absolute Gasteiger partial charge is 0.159 e. The van der Waals surface area contributed by atoms with E-state index in [4.69, 9.17) is 16.2 Å². The zero-order valence-electron chi connectivity index (χ0n) is 13.9. The number of fused-ring (bicyclic) bond motifs is 1. The number of hydrogen-bond donors (Lipinski definition) is 2. The summed E-state index contributed by atoms with van der Waals surface area (Å²) in [5.74, 6) is -0.763. The maximum atomic E-state index is 13.7. The van der Waals surface area contributed by atoms with Crippen LogP contribution in [0.3, 0.4) is 0 Å². The van der Waals surface area contributed by atoms with Crippen LogP contribution in [-0.4, -0.2) is 17.9 Å². The Hall–Kier alpha value is -3.48. The van der Waals surface area contributed by atoms with Gasteiger partial charge in [0.05, 0.1) is 12.8 Å². The largest absolute Gasteiger partial charge is 0.497 e. The van der Waals surface area contributed by atoms with Crippen LogP contribution < -0.4 is 16.2 Å². The number of nitrogens with zero attached hydrogens (tertiary/aromatic N) is 2. The van der Waals surface area contributed by atoms with Crippen LogP contribution in [0.15, 0.2) is 59.7 Å². The zero-order valence-corrected chi connectivity index (χ0v) is 13.9. The Morgan fingerprint density at radius 3 is 2.62 bits per heavy atom. The van der Waals surface area contributed by atoms with Crippen molar-refractivity contribution in [3.63, 3.8) is 0 Å². The maximum absolute atomic E-state index is 13.7. The number of rotatable bonds is 4. The summed E-state index contributed by atoms with van der Waals surface area (Å²) in [6, 6.07) is 10.7. The standard InChI is InChI=1S/C19H16F2N4O/c1-26-13-3-4-14-12(8-13)10-18(24-17(23)6-7-22)25-19(14)11-2-5-15(20)16(21)9-11/h2-10H,22H2,1H3,(H2,23,24,25)/b7-6-. The third-order valence-electron chi connectivity index (χ3n) is 3.73. The number of nitrogens with two attached hydrogens (primary N) is 2. The Morgan fingerprint density at radius 1 is 1.12 bits per heavy atom. The lowest BCUT2D eigenvalue weighted by molar-refractivity contribution is 0.415. The van der Waals surface area contributed by atoms with E-state index in [-0.39, 0.29) is 5.84 Å². The first-order valence-corrected chi connectivity index (χ1v) is 7.68. The monoisotopic (exact) mass is 354 g/mol. The lowest BCUT2D eigenvalue weighted by Gasteiger charge is -2.10. The summed E-state index contributed by atoms with van der Waals surface area (Å²) < 4.78 is 32.2. The van der Waals surface area contributed by atoms with E-state index in [1.807, 2.05) is 0 Å². The summed E-state index contributed by atoms with van der Waals surface area (Å²) >= 11 is 0. The number of methoxy groups -OCH3 is 1. The van der Waals surface area contributed by atoms with E-state index in [1.165, 1.54) is 18.3 Å². The second-order valence-electron chi connectivity index (χ2n) is 5.44. The van der Waals surface area contributed by atoms with Gasteiger partial charge >= 0.3 is 0 Å². The fourth-order valence-corrected chi connectivity index (χ4v) is 2.54. The quantitative estimate of drug-likeness (QED) is 0.553. The van der Waals surface area contributed by atoms with Gasteiger partial charge < -0.3 is 16.2 Å². The van der Waals surface area contributed by atoms with Crippen LogP contribution in [0.1, 0.15) is 0 Å². The van der Waals surface area contributed by atoms with E-state index in [0.29, 0.717) is 22.8 Å². The molecular weight excluding hydrogens is 338 g/mol. The van der Waals surface area contributed by atoms with Crippen LogP contribution in [0.5, 0.6) is 5.75 Å². The van der Waals surface area contributed by atoms with Gasteiger partial charge in [-0.25, -0.2) is 18.8 Å². The predicted octanol–water partition coefficient (Wildman–Crippen LogP) is 3.65. The van der Waals surface area contributed by atoms with E-state index in [2.05, 4.69) is 9.98 Å². The molecule has 132 valence electrons. The Bertz CT molecular complexity index is 1030. The van der Waals surface area contributed by atoms with E-state index in [9.17, 15) is 8.78 Å². The highest BCUT2D eigenvalue weighted by Crippen LogP contribution is 2.33. The molecule has 7 heteroatoms. The summed E-state index contributed by atoms with van der Waals surface area (Å²) in [6.07, 6.45) is 2.69. The highest BCUT2D eigenvalue weighted by molar-refractivity contribution is 5.98. The van der Waals surface area contributed by atoms with E-state index < -0.39 is 11.6 Å². The van der Waals surface area contributed by atoms with E-state index in [1.54, 1.807) is 31.4 Å². The average molecular weight is 354 g/mol. The maximum Gasteiger partial charge on any atom is 0.159 e.